The Labute approximate surface area is 105 Å². The Hall–Kier alpha value is -1.22. The van der Waals surface area contributed by atoms with Gasteiger partial charge in [-0.15, -0.1) is 0 Å². The van der Waals surface area contributed by atoms with Gasteiger partial charge in [0, 0.05) is 10.9 Å². The Morgan fingerprint density at radius 3 is 2.71 bits per heavy atom. The highest BCUT2D eigenvalue weighted by atomic mass is 35.5. The van der Waals surface area contributed by atoms with E-state index in [-0.39, 0.29) is 18.4 Å². The van der Waals surface area contributed by atoms with Crippen molar-refractivity contribution in [2.24, 2.45) is 5.92 Å². The highest BCUT2D eigenvalue weighted by molar-refractivity contribution is 6.30. The molecule has 3 nitrogen and oxygen atoms in total. The van der Waals surface area contributed by atoms with Crippen LogP contribution in [-0.2, 0) is 4.79 Å². The van der Waals surface area contributed by atoms with E-state index in [1.165, 1.54) is 0 Å². The highest BCUT2D eigenvalue weighted by Gasteiger charge is 2.30. The number of hydrogen-bond donors (Lipinski definition) is 1. The Morgan fingerprint density at radius 2 is 2.06 bits per heavy atom. The van der Waals surface area contributed by atoms with Crippen molar-refractivity contribution in [3.8, 4) is 5.75 Å². The molecule has 2 rings (SSSR count). The predicted octanol–water partition coefficient (Wildman–Crippen LogP) is 3.36. The largest absolute Gasteiger partial charge is 0.490 e. The van der Waals surface area contributed by atoms with Gasteiger partial charge in [-0.2, -0.15) is 0 Å². The molecule has 1 fully saturated rings. The van der Waals surface area contributed by atoms with Crippen LogP contribution >= 0.6 is 11.6 Å². The Kier molecular flexibility index (Phi) is 3.89. The molecule has 1 saturated carbocycles. The van der Waals surface area contributed by atoms with Crippen molar-refractivity contribution in [3.63, 3.8) is 0 Å². The minimum absolute atomic E-state index is 0.0206. The molecule has 0 radical (unpaired) electrons. The van der Waals surface area contributed by atoms with Gasteiger partial charge in [-0.1, -0.05) is 11.6 Å². The zero-order chi connectivity index (χ0) is 12.3. The normalized spacial score (nSPS) is 23.6. The molecule has 0 aromatic heterocycles. The average molecular weight is 255 g/mol. The van der Waals surface area contributed by atoms with E-state index in [1.807, 2.05) is 12.1 Å². The van der Waals surface area contributed by atoms with Crippen LogP contribution in [0.25, 0.3) is 0 Å². The van der Waals surface area contributed by atoms with Crippen LogP contribution in [0.1, 0.15) is 25.7 Å². The average Bonchev–Trinajstić information content (AvgIpc) is 2.68. The summed E-state index contributed by atoms with van der Waals surface area (Å²) in [6, 6.07) is 7.19. The van der Waals surface area contributed by atoms with E-state index in [1.54, 1.807) is 12.1 Å². The molecular weight excluding hydrogens is 240 g/mol. The molecule has 2 atom stereocenters. The first-order valence-electron chi connectivity index (χ1n) is 5.79. The van der Waals surface area contributed by atoms with Gasteiger partial charge in [-0.05, 0) is 43.5 Å². The van der Waals surface area contributed by atoms with E-state index in [2.05, 4.69) is 0 Å². The van der Waals surface area contributed by atoms with Crippen molar-refractivity contribution in [2.45, 2.75) is 31.8 Å². The van der Waals surface area contributed by atoms with Crippen molar-refractivity contribution >= 4 is 17.6 Å². The molecule has 1 N–H and O–H groups in total. The lowest BCUT2D eigenvalue weighted by Gasteiger charge is -2.19. The Morgan fingerprint density at radius 1 is 1.35 bits per heavy atom. The number of carboxylic acid groups (broad SMARTS) is 1. The highest BCUT2D eigenvalue weighted by Crippen LogP contribution is 2.32. The minimum atomic E-state index is -0.749. The molecule has 92 valence electrons. The number of ether oxygens (including phenoxy) is 1. The molecule has 0 spiro atoms. The summed E-state index contributed by atoms with van der Waals surface area (Å²) in [6.07, 6.45) is 3.12. The van der Waals surface area contributed by atoms with Gasteiger partial charge in [0.1, 0.15) is 11.9 Å². The first kappa shape index (κ1) is 12.2. The van der Waals surface area contributed by atoms with Crippen LogP contribution in [0.4, 0.5) is 0 Å². The van der Waals surface area contributed by atoms with Gasteiger partial charge in [-0.25, -0.2) is 0 Å². The summed E-state index contributed by atoms with van der Waals surface area (Å²) in [7, 11) is 0. The topological polar surface area (TPSA) is 46.5 Å². The zero-order valence-electron chi connectivity index (χ0n) is 9.43. The first-order chi connectivity index (χ1) is 8.15. The third kappa shape index (κ3) is 3.37. The molecule has 0 saturated heterocycles. The quantitative estimate of drug-likeness (QED) is 0.896. The second-order valence-electron chi connectivity index (χ2n) is 4.40. The maximum Gasteiger partial charge on any atom is 0.303 e. The van der Waals surface area contributed by atoms with Crippen molar-refractivity contribution in [2.75, 3.05) is 0 Å². The molecule has 1 aromatic carbocycles. The summed E-state index contributed by atoms with van der Waals surface area (Å²) in [5.41, 5.74) is 0. The van der Waals surface area contributed by atoms with Crippen molar-refractivity contribution in [1.29, 1.82) is 0 Å². The molecule has 4 heteroatoms. The molecule has 0 heterocycles. The maximum atomic E-state index is 10.7. The van der Waals surface area contributed by atoms with Gasteiger partial charge in [-0.3, -0.25) is 4.79 Å². The van der Waals surface area contributed by atoms with Crippen LogP contribution in [-0.4, -0.2) is 17.2 Å². The standard InChI is InChI=1S/C13H15ClO3/c14-10-4-6-11(7-5-10)17-12-3-1-2-9(12)8-13(15)16/h4-7,9,12H,1-3,8H2,(H,15,16). The summed E-state index contributed by atoms with van der Waals surface area (Å²) < 4.78 is 5.82. The van der Waals surface area contributed by atoms with Gasteiger partial charge < -0.3 is 9.84 Å². The SMILES string of the molecule is O=C(O)CC1CCCC1Oc1ccc(Cl)cc1. The number of rotatable bonds is 4. The van der Waals surface area contributed by atoms with E-state index < -0.39 is 5.97 Å². The fourth-order valence-electron chi connectivity index (χ4n) is 2.30. The molecule has 1 aliphatic rings. The van der Waals surface area contributed by atoms with Crippen LogP contribution in [0.2, 0.25) is 5.02 Å². The van der Waals surface area contributed by atoms with Crippen molar-refractivity contribution in [3.05, 3.63) is 29.3 Å². The fraction of sp³-hybridized carbons (Fsp3) is 0.462. The second-order valence-corrected chi connectivity index (χ2v) is 4.84. The predicted molar refractivity (Wildman–Crippen MR) is 65.5 cm³/mol. The van der Waals surface area contributed by atoms with E-state index in [0.717, 1.165) is 25.0 Å². The van der Waals surface area contributed by atoms with Crippen LogP contribution in [0, 0.1) is 5.92 Å². The van der Waals surface area contributed by atoms with E-state index in [9.17, 15) is 4.79 Å². The van der Waals surface area contributed by atoms with Crippen molar-refractivity contribution < 1.29 is 14.6 Å². The first-order valence-corrected chi connectivity index (χ1v) is 6.17. The molecule has 17 heavy (non-hydrogen) atoms. The Balaban J connectivity index is 1.97. The summed E-state index contributed by atoms with van der Waals surface area (Å²) in [4.78, 5) is 10.7. The van der Waals surface area contributed by atoms with Crippen LogP contribution in [0.15, 0.2) is 24.3 Å². The summed E-state index contributed by atoms with van der Waals surface area (Å²) >= 11 is 5.79. The monoisotopic (exact) mass is 254 g/mol. The van der Waals surface area contributed by atoms with Gasteiger partial charge in [0.2, 0.25) is 0 Å². The van der Waals surface area contributed by atoms with E-state index in [4.69, 9.17) is 21.4 Å². The minimum Gasteiger partial charge on any atom is -0.490 e. The third-order valence-corrected chi connectivity index (χ3v) is 3.38. The van der Waals surface area contributed by atoms with Crippen molar-refractivity contribution in [1.82, 2.24) is 0 Å². The third-order valence-electron chi connectivity index (χ3n) is 3.13. The van der Waals surface area contributed by atoms with Gasteiger partial charge in [0.15, 0.2) is 0 Å². The number of halogens is 1. The number of hydrogen-bond acceptors (Lipinski definition) is 2. The number of carbonyl (C=O) groups is 1. The lowest BCUT2D eigenvalue weighted by atomic mass is 10.0. The molecule has 1 aliphatic carbocycles. The lowest BCUT2D eigenvalue weighted by Crippen LogP contribution is -2.23. The van der Waals surface area contributed by atoms with Crippen LogP contribution < -0.4 is 4.74 Å². The van der Waals surface area contributed by atoms with Crippen LogP contribution in [0.5, 0.6) is 5.75 Å². The van der Waals surface area contributed by atoms with Crippen LogP contribution in [0.3, 0.4) is 0 Å². The number of aliphatic carboxylic acids is 1. The van der Waals surface area contributed by atoms with Gasteiger partial charge in [0.05, 0.1) is 6.42 Å². The van der Waals surface area contributed by atoms with Gasteiger partial charge in [0.25, 0.3) is 0 Å². The molecule has 0 bridgehead atoms. The number of carboxylic acids is 1. The van der Waals surface area contributed by atoms with E-state index >= 15 is 0 Å². The summed E-state index contributed by atoms with van der Waals surface area (Å²) in [6.45, 7) is 0. The molecule has 1 aromatic rings. The molecule has 2 unspecified atom stereocenters. The van der Waals surface area contributed by atoms with Gasteiger partial charge >= 0.3 is 5.97 Å². The number of benzene rings is 1. The smallest absolute Gasteiger partial charge is 0.303 e. The molecule has 0 amide bonds. The fourth-order valence-corrected chi connectivity index (χ4v) is 2.43. The second kappa shape index (κ2) is 5.41. The maximum absolute atomic E-state index is 10.7. The van der Waals surface area contributed by atoms with E-state index in [0.29, 0.717) is 5.02 Å². The lowest BCUT2D eigenvalue weighted by molar-refractivity contribution is -0.138. The molecular formula is C13H15ClO3. The molecule has 0 aliphatic heterocycles. The summed E-state index contributed by atoms with van der Waals surface area (Å²) in [5, 5.41) is 9.49. The zero-order valence-corrected chi connectivity index (χ0v) is 10.2. The summed E-state index contributed by atoms with van der Waals surface area (Å²) in [5.74, 6) is 0.140. The Bertz CT molecular complexity index is 388.